The molecular weight excluding hydrogens is 340 g/mol. The van der Waals surface area contributed by atoms with E-state index in [1.54, 1.807) is 12.1 Å². The van der Waals surface area contributed by atoms with Gasteiger partial charge in [0.25, 0.3) is 11.1 Å². The number of imide groups is 1. The maximum atomic E-state index is 12.3. The maximum absolute atomic E-state index is 12.3. The van der Waals surface area contributed by atoms with Crippen molar-refractivity contribution in [3.05, 3.63) is 58.4 Å². The predicted octanol–water partition coefficient (Wildman–Crippen LogP) is 3.57. The number of carbonyl (C=O) groups is 3. The lowest BCUT2D eigenvalue weighted by molar-refractivity contribution is -0.127. The smallest absolute Gasteiger partial charge is 0.294 e. The second-order valence-electron chi connectivity index (χ2n) is 5.65. The van der Waals surface area contributed by atoms with Crippen LogP contribution in [-0.2, 0) is 9.59 Å². The molecule has 0 radical (unpaired) electrons. The molecule has 6 nitrogen and oxygen atoms in total. The largest absolute Gasteiger partial charge is 0.465 e. The van der Waals surface area contributed by atoms with E-state index in [0.29, 0.717) is 11.4 Å². The average Bonchev–Trinajstić information content (AvgIpc) is 3.15. The van der Waals surface area contributed by atoms with Gasteiger partial charge in [-0.3, -0.25) is 19.3 Å². The Hall–Kier alpha value is -2.80. The highest BCUT2D eigenvalue weighted by Crippen LogP contribution is 2.32. The van der Waals surface area contributed by atoms with Crippen LogP contribution < -0.4 is 5.32 Å². The number of hydrogen-bond acceptors (Lipinski definition) is 5. The second-order valence-corrected chi connectivity index (χ2v) is 6.64. The fourth-order valence-electron chi connectivity index (χ4n) is 2.34. The number of amides is 3. The molecule has 1 aromatic heterocycles. The quantitative estimate of drug-likeness (QED) is 0.847. The number of rotatable bonds is 4. The summed E-state index contributed by atoms with van der Waals surface area (Å²) >= 11 is 0.792. The van der Waals surface area contributed by atoms with E-state index in [4.69, 9.17) is 4.42 Å². The predicted molar refractivity (Wildman–Crippen MR) is 95.9 cm³/mol. The number of anilines is 1. The molecule has 0 spiro atoms. The van der Waals surface area contributed by atoms with Crippen molar-refractivity contribution in [1.82, 2.24) is 4.90 Å². The Kier molecular flexibility index (Phi) is 4.76. The van der Waals surface area contributed by atoms with Crippen LogP contribution in [0.5, 0.6) is 0 Å². The minimum atomic E-state index is -0.498. The normalized spacial score (nSPS) is 15.9. The van der Waals surface area contributed by atoms with Crippen LogP contribution in [0.3, 0.4) is 0 Å². The third-order valence-electron chi connectivity index (χ3n) is 3.66. The molecule has 1 N–H and O–H groups in total. The number of nitrogens with zero attached hydrogens (tertiary/aromatic N) is 1. The molecule has 1 saturated heterocycles. The summed E-state index contributed by atoms with van der Waals surface area (Å²) < 4.78 is 5.15. The molecule has 0 atom stereocenters. The van der Waals surface area contributed by atoms with Crippen molar-refractivity contribution in [2.24, 2.45) is 0 Å². The molecule has 0 saturated carbocycles. The van der Waals surface area contributed by atoms with E-state index in [-0.39, 0.29) is 11.4 Å². The maximum Gasteiger partial charge on any atom is 0.294 e. The number of aryl methyl sites for hydroxylation is 2. The van der Waals surface area contributed by atoms with Crippen LogP contribution in [0.1, 0.15) is 16.9 Å². The summed E-state index contributed by atoms with van der Waals surface area (Å²) in [5, 5.41) is 2.27. The number of thioether (sulfide) groups is 1. The lowest BCUT2D eigenvalue weighted by Gasteiger charge is -2.14. The summed E-state index contributed by atoms with van der Waals surface area (Å²) in [6.45, 7) is 3.47. The third kappa shape index (κ3) is 3.83. The molecule has 25 heavy (non-hydrogen) atoms. The van der Waals surface area contributed by atoms with Crippen LogP contribution >= 0.6 is 11.8 Å². The minimum Gasteiger partial charge on any atom is -0.465 e. The van der Waals surface area contributed by atoms with Crippen LogP contribution in [0.4, 0.5) is 10.5 Å². The highest BCUT2D eigenvalue weighted by molar-refractivity contribution is 8.18. The molecule has 0 bridgehead atoms. The van der Waals surface area contributed by atoms with Gasteiger partial charge < -0.3 is 9.73 Å². The van der Waals surface area contributed by atoms with Crippen LogP contribution in [0.25, 0.3) is 6.08 Å². The Balaban J connectivity index is 1.70. The number of benzene rings is 1. The van der Waals surface area contributed by atoms with Gasteiger partial charge in [-0.2, -0.15) is 0 Å². The molecular formula is C18H16N2O4S. The van der Waals surface area contributed by atoms with Crippen LogP contribution in [0, 0.1) is 13.8 Å². The van der Waals surface area contributed by atoms with Crippen molar-refractivity contribution in [2.75, 3.05) is 11.9 Å². The first-order valence-electron chi connectivity index (χ1n) is 7.60. The molecule has 1 fully saturated rings. The van der Waals surface area contributed by atoms with Gasteiger partial charge in [-0.15, -0.1) is 0 Å². The van der Waals surface area contributed by atoms with E-state index in [9.17, 15) is 14.4 Å². The van der Waals surface area contributed by atoms with Crippen LogP contribution in [-0.4, -0.2) is 28.5 Å². The van der Waals surface area contributed by atoms with Gasteiger partial charge in [-0.1, -0.05) is 12.1 Å². The Labute approximate surface area is 148 Å². The van der Waals surface area contributed by atoms with Gasteiger partial charge in [0.15, 0.2) is 0 Å². The fraction of sp³-hybridized carbons (Fsp3) is 0.167. The first-order chi connectivity index (χ1) is 11.9. The zero-order chi connectivity index (χ0) is 18.0. The lowest BCUT2D eigenvalue weighted by Crippen LogP contribution is -2.36. The first-order valence-corrected chi connectivity index (χ1v) is 8.41. The van der Waals surface area contributed by atoms with Crippen molar-refractivity contribution in [1.29, 1.82) is 0 Å². The molecule has 0 aliphatic carbocycles. The number of furan rings is 1. The molecule has 3 amide bonds. The standard InChI is InChI=1S/C18H16N2O4S/c1-11-5-6-12(2)14(8-11)19-16(21)10-20-17(22)15(25-18(20)23)9-13-4-3-7-24-13/h3-9H,10H2,1-2H3,(H,19,21)/b15-9+. The lowest BCUT2D eigenvalue weighted by atomic mass is 10.1. The summed E-state index contributed by atoms with van der Waals surface area (Å²) in [5.74, 6) is -0.442. The first kappa shape index (κ1) is 17.0. The van der Waals surface area contributed by atoms with Gasteiger partial charge in [-0.25, -0.2) is 0 Å². The topological polar surface area (TPSA) is 79.6 Å². The molecule has 3 rings (SSSR count). The second kappa shape index (κ2) is 6.98. The Morgan fingerprint density at radius 2 is 2.08 bits per heavy atom. The van der Waals surface area contributed by atoms with Crippen LogP contribution in [0.2, 0.25) is 0 Å². The van der Waals surface area contributed by atoms with E-state index in [1.165, 1.54) is 12.3 Å². The summed E-state index contributed by atoms with van der Waals surface area (Å²) in [7, 11) is 0. The van der Waals surface area contributed by atoms with Gasteiger partial charge in [0, 0.05) is 11.8 Å². The van der Waals surface area contributed by atoms with Crippen molar-refractivity contribution in [3.63, 3.8) is 0 Å². The van der Waals surface area contributed by atoms with Crippen LogP contribution in [0.15, 0.2) is 45.9 Å². The Morgan fingerprint density at radius 1 is 1.28 bits per heavy atom. The zero-order valence-electron chi connectivity index (χ0n) is 13.7. The Morgan fingerprint density at radius 3 is 2.80 bits per heavy atom. The SMILES string of the molecule is Cc1ccc(C)c(NC(=O)CN2C(=O)S/C(=C/c3ccco3)C2=O)c1. The van der Waals surface area contributed by atoms with Gasteiger partial charge in [0.1, 0.15) is 12.3 Å². The summed E-state index contributed by atoms with van der Waals surface area (Å²) in [6.07, 6.45) is 2.97. The van der Waals surface area contributed by atoms with Gasteiger partial charge in [-0.05, 0) is 54.9 Å². The summed E-state index contributed by atoms with van der Waals surface area (Å²) in [5.41, 5.74) is 2.59. The van der Waals surface area contributed by atoms with E-state index < -0.39 is 17.1 Å². The monoisotopic (exact) mass is 356 g/mol. The molecule has 2 heterocycles. The molecule has 1 aromatic carbocycles. The highest BCUT2D eigenvalue weighted by atomic mass is 32.2. The van der Waals surface area contributed by atoms with Gasteiger partial charge in [0.2, 0.25) is 5.91 Å². The van der Waals surface area contributed by atoms with E-state index in [1.807, 2.05) is 32.0 Å². The molecule has 7 heteroatoms. The van der Waals surface area contributed by atoms with E-state index in [2.05, 4.69) is 5.32 Å². The molecule has 0 unspecified atom stereocenters. The van der Waals surface area contributed by atoms with Gasteiger partial charge >= 0.3 is 0 Å². The van der Waals surface area contributed by atoms with Gasteiger partial charge in [0.05, 0.1) is 11.2 Å². The summed E-state index contributed by atoms with van der Waals surface area (Å²) in [4.78, 5) is 37.8. The number of nitrogens with one attached hydrogen (secondary N) is 1. The summed E-state index contributed by atoms with van der Waals surface area (Å²) in [6, 6.07) is 9.06. The molecule has 128 valence electrons. The number of carbonyl (C=O) groups excluding carboxylic acids is 3. The number of hydrogen-bond donors (Lipinski definition) is 1. The van der Waals surface area contributed by atoms with Crippen molar-refractivity contribution in [3.8, 4) is 0 Å². The van der Waals surface area contributed by atoms with Crippen molar-refractivity contribution in [2.45, 2.75) is 13.8 Å². The molecule has 1 aliphatic heterocycles. The van der Waals surface area contributed by atoms with E-state index >= 15 is 0 Å². The zero-order valence-corrected chi connectivity index (χ0v) is 14.6. The van der Waals surface area contributed by atoms with E-state index in [0.717, 1.165) is 27.8 Å². The van der Waals surface area contributed by atoms with Crippen molar-refractivity contribution < 1.29 is 18.8 Å². The highest BCUT2D eigenvalue weighted by Gasteiger charge is 2.36. The average molecular weight is 356 g/mol. The third-order valence-corrected chi connectivity index (χ3v) is 4.57. The molecule has 1 aliphatic rings. The Bertz CT molecular complexity index is 871. The minimum absolute atomic E-state index is 0.236. The fourth-order valence-corrected chi connectivity index (χ4v) is 3.16. The van der Waals surface area contributed by atoms with Crippen molar-refractivity contribution >= 4 is 40.6 Å². The molecule has 2 aromatic rings.